The summed E-state index contributed by atoms with van der Waals surface area (Å²) in [7, 11) is -4.74. The van der Waals surface area contributed by atoms with Gasteiger partial charge in [-0.15, -0.1) is 0 Å². The van der Waals surface area contributed by atoms with Gasteiger partial charge in [0.1, 0.15) is 12.6 Å². The minimum Gasteiger partial charge on any atom is -0.480 e. The molecule has 11 nitrogen and oxygen atoms in total. The third-order valence-corrected chi connectivity index (χ3v) is 11.2. The average molecular weight is 894 g/mol. The van der Waals surface area contributed by atoms with Gasteiger partial charge in [0.25, 0.3) is 0 Å². The molecule has 0 saturated carbocycles. The van der Waals surface area contributed by atoms with E-state index < -0.39 is 51.1 Å². The predicted molar refractivity (Wildman–Crippen MR) is 254 cm³/mol. The fourth-order valence-corrected chi connectivity index (χ4v) is 7.25. The van der Waals surface area contributed by atoms with Crippen LogP contribution in [0.2, 0.25) is 0 Å². The molecule has 0 aliphatic carbocycles. The highest BCUT2D eigenvalue weighted by Crippen LogP contribution is 2.43. The molecule has 0 fully saturated rings. The Kier molecular flexibility index (Phi) is 42.7. The van der Waals surface area contributed by atoms with Gasteiger partial charge < -0.3 is 25.2 Å². The Hall–Kier alpha value is -2.82. The molecule has 3 atom stereocenters. The van der Waals surface area contributed by atoms with Crippen LogP contribution in [0.15, 0.2) is 60.8 Å². The molecule has 0 saturated heterocycles. The van der Waals surface area contributed by atoms with Crippen molar-refractivity contribution in [3.8, 4) is 0 Å². The number of ether oxygens (including phenoxy) is 2. The van der Waals surface area contributed by atoms with E-state index in [4.69, 9.17) is 24.8 Å². The quantitative estimate of drug-likeness (QED) is 0.0230. The first-order valence-corrected chi connectivity index (χ1v) is 25.8. The van der Waals surface area contributed by atoms with Crippen molar-refractivity contribution in [2.75, 3.05) is 19.8 Å². The fourth-order valence-electron chi connectivity index (χ4n) is 6.47. The average Bonchev–Trinajstić information content (AvgIpc) is 3.25. The summed E-state index contributed by atoms with van der Waals surface area (Å²) in [6, 6.07) is -1.53. The molecule has 0 aromatic carbocycles. The number of allylic oxidation sites excluding steroid dienone is 10. The summed E-state index contributed by atoms with van der Waals surface area (Å²) in [5.74, 6) is -2.47. The van der Waals surface area contributed by atoms with Gasteiger partial charge in [-0.2, -0.15) is 0 Å². The van der Waals surface area contributed by atoms with Gasteiger partial charge in [0.05, 0.1) is 13.2 Å². The molecule has 0 radical (unpaired) electrons. The van der Waals surface area contributed by atoms with Crippen LogP contribution in [0.1, 0.15) is 206 Å². The Labute approximate surface area is 377 Å². The number of phosphoric ester groups is 1. The van der Waals surface area contributed by atoms with Crippen molar-refractivity contribution >= 4 is 25.7 Å². The number of esters is 2. The lowest BCUT2D eigenvalue weighted by Gasteiger charge is -2.20. The summed E-state index contributed by atoms with van der Waals surface area (Å²) in [5, 5.41) is 8.90. The van der Waals surface area contributed by atoms with Crippen LogP contribution in [-0.2, 0) is 37.5 Å². The minimum absolute atomic E-state index is 0.103. The summed E-state index contributed by atoms with van der Waals surface area (Å²) in [4.78, 5) is 46.0. The maximum absolute atomic E-state index is 12.7. The maximum Gasteiger partial charge on any atom is 0.472 e. The highest BCUT2D eigenvalue weighted by atomic mass is 31.2. The van der Waals surface area contributed by atoms with E-state index in [0.29, 0.717) is 19.3 Å². The Morgan fingerprint density at radius 3 is 1.42 bits per heavy atom. The van der Waals surface area contributed by atoms with Crippen molar-refractivity contribution < 1.29 is 47.5 Å². The molecule has 0 aromatic heterocycles. The molecule has 0 aliphatic rings. The third kappa shape index (κ3) is 43.8. The summed E-state index contributed by atoms with van der Waals surface area (Å²) in [5.41, 5.74) is 5.34. The van der Waals surface area contributed by atoms with Crippen LogP contribution >= 0.6 is 7.82 Å². The monoisotopic (exact) mass is 894 g/mol. The fraction of sp³-hybridized carbons (Fsp3) is 0.740. The lowest BCUT2D eigenvalue weighted by molar-refractivity contribution is -0.161. The van der Waals surface area contributed by atoms with Gasteiger partial charge in [-0.05, 0) is 70.6 Å². The first kappa shape index (κ1) is 59.2. The number of aliphatic carboxylic acids is 1. The van der Waals surface area contributed by atoms with Crippen molar-refractivity contribution in [2.24, 2.45) is 5.73 Å². The van der Waals surface area contributed by atoms with Gasteiger partial charge in [0.2, 0.25) is 0 Å². The first-order chi connectivity index (χ1) is 30.1. The third-order valence-electron chi connectivity index (χ3n) is 10.2. The molecule has 0 rings (SSSR count). The van der Waals surface area contributed by atoms with Crippen LogP contribution in [0, 0.1) is 0 Å². The maximum atomic E-state index is 12.7. The minimum atomic E-state index is -4.74. The topological polar surface area (TPSA) is 172 Å². The second-order valence-corrected chi connectivity index (χ2v) is 17.7. The second kappa shape index (κ2) is 44.8. The summed E-state index contributed by atoms with van der Waals surface area (Å²) < 4.78 is 32.7. The molecule has 358 valence electrons. The van der Waals surface area contributed by atoms with E-state index in [1.807, 2.05) is 0 Å². The molecule has 0 bridgehead atoms. The smallest absolute Gasteiger partial charge is 0.472 e. The van der Waals surface area contributed by atoms with Gasteiger partial charge in [0.15, 0.2) is 6.10 Å². The van der Waals surface area contributed by atoms with E-state index in [0.717, 1.165) is 51.4 Å². The lowest BCUT2D eigenvalue weighted by Crippen LogP contribution is -2.34. The van der Waals surface area contributed by atoms with E-state index in [2.05, 4.69) is 79.1 Å². The zero-order valence-corrected chi connectivity index (χ0v) is 39.8. The van der Waals surface area contributed by atoms with Crippen molar-refractivity contribution in [3.05, 3.63) is 60.8 Å². The van der Waals surface area contributed by atoms with Crippen molar-refractivity contribution in [2.45, 2.75) is 219 Å². The Morgan fingerprint density at radius 2 is 0.919 bits per heavy atom. The largest absolute Gasteiger partial charge is 0.480 e. The molecule has 0 aromatic rings. The lowest BCUT2D eigenvalue weighted by atomic mass is 10.0. The highest BCUT2D eigenvalue weighted by Gasteiger charge is 2.28. The number of rotatable bonds is 45. The molecule has 0 heterocycles. The van der Waals surface area contributed by atoms with Crippen LogP contribution in [-0.4, -0.2) is 59.9 Å². The number of carboxylic acids is 1. The predicted octanol–water partition coefficient (Wildman–Crippen LogP) is 13.5. The van der Waals surface area contributed by atoms with Crippen LogP contribution in [0.3, 0.4) is 0 Å². The van der Waals surface area contributed by atoms with E-state index in [-0.39, 0.29) is 19.4 Å². The number of nitrogens with two attached hydrogens (primary N) is 1. The van der Waals surface area contributed by atoms with E-state index in [9.17, 15) is 23.8 Å². The molecule has 0 spiro atoms. The molecule has 0 aliphatic heterocycles. The van der Waals surface area contributed by atoms with Crippen molar-refractivity contribution in [1.82, 2.24) is 0 Å². The second-order valence-electron chi connectivity index (χ2n) is 16.2. The standard InChI is InChI=1S/C50H88NO10P/c1-3-5-7-9-11-13-15-17-19-20-21-22-23-24-25-26-28-30-32-34-36-38-40-42-49(53)61-46(44-59-62(56,57)60-45-47(51)50(54)55)43-58-48(52)41-39-37-35-33-31-29-27-18-16-14-12-10-8-6-4-2/h6,8,12,14,18,27,31,33-34,36,46-47H,3-5,7,9-11,13,15-17,19-26,28-30,32,35,37-45,51H2,1-2H3,(H,54,55)(H,56,57)/b8-6+,14-12+,27-18+,33-31+,36-34+/t46-,47-/m0/s1. The van der Waals surface area contributed by atoms with Gasteiger partial charge in [-0.1, -0.05) is 184 Å². The number of carbonyl (C=O) groups is 3. The molecule has 1 unspecified atom stereocenters. The molecular formula is C50H88NO10P. The van der Waals surface area contributed by atoms with Crippen molar-refractivity contribution in [1.29, 1.82) is 0 Å². The number of carbonyl (C=O) groups excluding carboxylic acids is 2. The summed E-state index contributed by atoms with van der Waals surface area (Å²) in [6.07, 6.45) is 53.1. The molecule has 4 N–H and O–H groups in total. The molecule has 12 heteroatoms. The Morgan fingerprint density at radius 1 is 0.516 bits per heavy atom. The normalized spacial score (nSPS) is 14.1. The first-order valence-electron chi connectivity index (χ1n) is 24.3. The van der Waals surface area contributed by atoms with Gasteiger partial charge in [-0.25, -0.2) is 4.57 Å². The number of hydrogen-bond donors (Lipinski definition) is 3. The van der Waals surface area contributed by atoms with Gasteiger partial charge >= 0.3 is 25.7 Å². The Balaban J connectivity index is 4.32. The van der Waals surface area contributed by atoms with Crippen molar-refractivity contribution in [3.63, 3.8) is 0 Å². The van der Waals surface area contributed by atoms with Gasteiger partial charge in [0, 0.05) is 12.8 Å². The van der Waals surface area contributed by atoms with E-state index >= 15 is 0 Å². The molecule has 62 heavy (non-hydrogen) atoms. The number of unbranched alkanes of at least 4 members (excludes halogenated alkanes) is 21. The molecular weight excluding hydrogens is 806 g/mol. The van der Waals surface area contributed by atoms with E-state index in [1.54, 1.807) is 0 Å². The van der Waals surface area contributed by atoms with E-state index in [1.165, 1.54) is 109 Å². The zero-order chi connectivity index (χ0) is 45.6. The van der Waals surface area contributed by atoms with Crippen LogP contribution in [0.25, 0.3) is 0 Å². The Bertz CT molecular complexity index is 1280. The van der Waals surface area contributed by atoms with Crippen LogP contribution in [0.4, 0.5) is 0 Å². The number of hydrogen-bond acceptors (Lipinski definition) is 9. The van der Waals surface area contributed by atoms with Gasteiger partial charge in [-0.3, -0.25) is 23.4 Å². The summed E-state index contributed by atoms with van der Waals surface area (Å²) in [6.45, 7) is 2.64. The summed E-state index contributed by atoms with van der Waals surface area (Å²) >= 11 is 0. The highest BCUT2D eigenvalue weighted by molar-refractivity contribution is 7.47. The number of carboxylic acid groups (broad SMARTS) is 1. The number of phosphoric acid groups is 1. The van der Waals surface area contributed by atoms with Crippen LogP contribution < -0.4 is 5.73 Å². The zero-order valence-electron chi connectivity index (χ0n) is 38.9. The SMILES string of the molecule is CC/C=C/C/C=C/C/C=C/C/C=C/CCCCC(=O)OC[C@@H](COP(=O)(O)OC[C@H](N)C(=O)O)OC(=O)CCC/C=C/CCCCCCCCCCCCCCCCCCCC. The molecule has 0 amide bonds. The van der Waals surface area contributed by atoms with Crippen LogP contribution in [0.5, 0.6) is 0 Å².